The van der Waals surface area contributed by atoms with Crippen LogP contribution in [0.25, 0.3) is 0 Å². The second-order valence-electron chi connectivity index (χ2n) is 8.94. The third-order valence-electron chi connectivity index (χ3n) is 7.76. The number of hydrogen-bond acceptors (Lipinski definition) is 6. The molecule has 2 fully saturated rings. The van der Waals surface area contributed by atoms with Gasteiger partial charge >= 0.3 is 11.9 Å². The van der Waals surface area contributed by atoms with Crippen molar-refractivity contribution in [1.29, 1.82) is 0 Å². The summed E-state index contributed by atoms with van der Waals surface area (Å²) < 4.78 is 11.0. The van der Waals surface area contributed by atoms with Crippen molar-refractivity contribution in [3.05, 3.63) is 41.1 Å². The van der Waals surface area contributed by atoms with E-state index in [9.17, 15) is 9.59 Å². The summed E-state index contributed by atoms with van der Waals surface area (Å²) in [5, 5.41) is 3.59. The number of benzene rings is 1. The number of methoxy groups -OCH3 is 1. The van der Waals surface area contributed by atoms with Crippen LogP contribution < -0.4 is 5.32 Å². The Morgan fingerprint density at radius 3 is 2.79 bits per heavy atom. The minimum atomic E-state index is -0.313. The van der Waals surface area contributed by atoms with Gasteiger partial charge in [-0.05, 0) is 57.3 Å². The highest BCUT2D eigenvalue weighted by molar-refractivity contribution is 5.93. The average Bonchev–Trinajstić information content (AvgIpc) is 3.27. The number of rotatable bonds is 3. The molecule has 1 aromatic rings. The number of hydrogen-bond donors (Lipinski definition) is 1. The molecule has 3 aliphatic heterocycles. The van der Waals surface area contributed by atoms with Crippen molar-refractivity contribution in [2.24, 2.45) is 5.41 Å². The number of nitrogens with zero attached hydrogens (tertiary/aromatic N) is 1. The summed E-state index contributed by atoms with van der Waals surface area (Å²) in [5.74, 6) is -0.549. The maximum absolute atomic E-state index is 13.0. The number of carbonyl (C=O) groups is 2. The summed E-state index contributed by atoms with van der Waals surface area (Å²) in [6, 6.07) is 8.58. The van der Waals surface area contributed by atoms with Gasteiger partial charge in [-0.25, -0.2) is 4.79 Å². The van der Waals surface area contributed by atoms with Gasteiger partial charge in [-0.3, -0.25) is 9.69 Å². The number of piperidine rings is 1. The number of anilines is 1. The minimum absolute atomic E-state index is 0.192. The number of carbonyl (C=O) groups excluding carboxylic acids is 2. The van der Waals surface area contributed by atoms with Crippen molar-refractivity contribution in [3.63, 3.8) is 0 Å². The average molecular weight is 396 g/mol. The van der Waals surface area contributed by atoms with Gasteiger partial charge < -0.3 is 14.8 Å². The zero-order chi connectivity index (χ0) is 20.4. The molecular weight excluding hydrogens is 368 g/mol. The van der Waals surface area contributed by atoms with E-state index >= 15 is 0 Å². The van der Waals surface area contributed by atoms with Crippen LogP contribution in [0.3, 0.4) is 0 Å². The summed E-state index contributed by atoms with van der Waals surface area (Å²) >= 11 is 0. The van der Waals surface area contributed by atoms with Crippen LogP contribution in [0.15, 0.2) is 35.5 Å². The standard InChI is InChI=1S/C23H28N2O4/c1-14(29-15(2)26)22-9-6-11-25-12-10-23(21(22)25)17-7-4-5-8-18(17)24-19(23)16(13-22)20(27)28-3/h4-5,7-8,14,21,24H,6,9-13H2,1-3H3/t14?,21-,22-,23-/m0/s1. The Labute approximate surface area is 171 Å². The minimum Gasteiger partial charge on any atom is -0.466 e. The molecule has 3 heterocycles. The predicted octanol–water partition coefficient (Wildman–Crippen LogP) is 2.99. The van der Waals surface area contributed by atoms with Gasteiger partial charge in [0, 0.05) is 29.8 Å². The number of para-hydroxylation sites is 1. The summed E-state index contributed by atoms with van der Waals surface area (Å²) in [6.45, 7) is 5.50. The van der Waals surface area contributed by atoms with Gasteiger partial charge in [0.25, 0.3) is 0 Å². The zero-order valence-corrected chi connectivity index (χ0v) is 17.3. The first-order valence-corrected chi connectivity index (χ1v) is 10.5. The number of ether oxygens (including phenoxy) is 2. The molecule has 0 saturated carbocycles. The summed E-state index contributed by atoms with van der Waals surface area (Å²) in [4.78, 5) is 27.4. The van der Waals surface area contributed by atoms with Crippen LogP contribution in [-0.4, -0.2) is 49.2 Å². The third kappa shape index (κ3) is 2.32. The van der Waals surface area contributed by atoms with Crippen LogP contribution in [0.1, 0.15) is 45.1 Å². The van der Waals surface area contributed by atoms with E-state index < -0.39 is 0 Å². The lowest BCUT2D eigenvalue weighted by molar-refractivity contribution is -0.161. The van der Waals surface area contributed by atoms with E-state index in [0.29, 0.717) is 12.0 Å². The molecular formula is C23H28N2O4. The first-order chi connectivity index (χ1) is 13.9. The monoisotopic (exact) mass is 396 g/mol. The Kier molecular flexibility index (Phi) is 4.07. The van der Waals surface area contributed by atoms with Crippen LogP contribution in [0.2, 0.25) is 0 Å². The highest BCUT2D eigenvalue weighted by Crippen LogP contribution is 2.65. The van der Waals surface area contributed by atoms with Crippen molar-refractivity contribution in [3.8, 4) is 0 Å². The molecule has 4 atom stereocenters. The molecule has 0 radical (unpaired) electrons. The van der Waals surface area contributed by atoms with Gasteiger partial charge in [0.1, 0.15) is 6.10 Å². The first kappa shape index (κ1) is 18.7. The first-order valence-electron chi connectivity index (χ1n) is 10.5. The molecule has 2 saturated heterocycles. The molecule has 1 unspecified atom stereocenters. The van der Waals surface area contributed by atoms with Gasteiger partial charge in [-0.15, -0.1) is 0 Å². The molecule has 1 N–H and O–H groups in total. The number of nitrogens with one attached hydrogen (secondary N) is 1. The van der Waals surface area contributed by atoms with Crippen molar-refractivity contribution >= 4 is 17.6 Å². The van der Waals surface area contributed by atoms with E-state index in [0.717, 1.165) is 43.7 Å². The van der Waals surface area contributed by atoms with Gasteiger partial charge in [0.05, 0.1) is 18.1 Å². The molecule has 0 bridgehead atoms. The van der Waals surface area contributed by atoms with E-state index in [2.05, 4.69) is 28.4 Å². The summed E-state index contributed by atoms with van der Waals surface area (Å²) in [5.41, 5.74) is 3.45. The van der Waals surface area contributed by atoms with Crippen LogP contribution in [0.4, 0.5) is 5.69 Å². The lowest BCUT2D eigenvalue weighted by Crippen LogP contribution is -2.64. The Balaban J connectivity index is 1.77. The third-order valence-corrected chi connectivity index (χ3v) is 7.76. The molecule has 1 aliphatic carbocycles. The lowest BCUT2D eigenvalue weighted by atomic mass is 9.53. The van der Waals surface area contributed by atoms with Gasteiger partial charge in [0.2, 0.25) is 0 Å². The Morgan fingerprint density at radius 1 is 1.24 bits per heavy atom. The van der Waals surface area contributed by atoms with Crippen molar-refractivity contribution in [2.45, 2.75) is 57.1 Å². The summed E-state index contributed by atoms with van der Waals surface area (Å²) in [7, 11) is 1.45. The number of fused-ring (bicyclic) bond motifs is 1. The SMILES string of the molecule is COC(=O)C1=C2Nc3ccccc3[C@@]23CCN2CCC[C@@](C(C)OC(C)=O)(C1)[C@H]23. The fraction of sp³-hybridized carbons (Fsp3) is 0.565. The van der Waals surface area contributed by atoms with Crippen LogP contribution in [0, 0.1) is 5.41 Å². The Bertz CT molecular complexity index is 925. The van der Waals surface area contributed by atoms with E-state index in [-0.39, 0.29) is 34.9 Å². The fourth-order valence-corrected chi connectivity index (χ4v) is 6.83. The van der Waals surface area contributed by atoms with E-state index in [1.165, 1.54) is 19.6 Å². The topological polar surface area (TPSA) is 67.9 Å². The van der Waals surface area contributed by atoms with E-state index in [1.807, 2.05) is 13.0 Å². The molecule has 0 aromatic heterocycles. The molecule has 154 valence electrons. The highest BCUT2D eigenvalue weighted by Gasteiger charge is 2.68. The molecule has 6 heteroatoms. The van der Waals surface area contributed by atoms with Crippen LogP contribution in [-0.2, 0) is 24.5 Å². The Morgan fingerprint density at radius 2 is 2.03 bits per heavy atom. The largest absolute Gasteiger partial charge is 0.466 e. The maximum Gasteiger partial charge on any atom is 0.335 e. The van der Waals surface area contributed by atoms with Crippen molar-refractivity contribution in [2.75, 3.05) is 25.5 Å². The van der Waals surface area contributed by atoms with Crippen molar-refractivity contribution in [1.82, 2.24) is 4.90 Å². The second-order valence-corrected chi connectivity index (χ2v) is 8.94. The molecule has 4 aliphatic rings. The predicted molar refractivity (Wildman–Crippen MR) is 108 cm³/mol. The molecule has 1 spiro atoms. The van der Waals surface area contributed by atoms with Gasteiger partial charge in [0.15, 0.2) is 0 Å². The van der Waals surface area contributed by atoms with Gasteiger partial charge in [-0.2, -0.15) is 0 Å². The van der Waals surface area contributed by atoms with Crippen LogP contribution >= 0.6 is 0 Å². The molecule has 5 rings (SSSR count). The molecule has 0 amide bonds. The van der Waals surface area contributed by atoms with Crippen molar-refractivity contribution < 1.29 is 19.1 Å². The lowest BCUT2D eigenvalue weighted by Gasteiger charge is -2.57. The molecule has 6 nitrogen and oxygen atoms in total. The molecule has 29 heavy (non-hydrogen) atoms. The normalized spacial score (nSPS) is 33.3. The maximum atomic E-state index is 13.0. The smallest absolute Gasteiger partial charge is 0.335 e. The number of esters is 2. The Hall–Kier alpha value is -2.34. The van der Waals surface area contributed by atoms with E-state index in [4.69, 9.17) is 9.47 Å². The fourth-order valence-electron chi connectivity index (χ4n) is 6.83. The zero-order valence-electron chi connectivity index (χ0n) is 17.3. The quantitative estimate of drug-likeness (QED) is 0.793. The second kappa shape index (κ2) is 6.33. The van der Waals surface area contributed by atoms with Gasteiger partial charge in [-0.1, -0.05) is 18.2 Å². The van der Waals surface area contributed by atoms with E-state index in [1.54, 1.807) is 0 Å². The summed E-state index contributed by atoms with van der Waals surface area (Å²) in [6.07, 6.45) is 3.20. The molecule has 1 aromatic carbocycles. The highest BCUT2D eigenvalue weighted by atomic mass is 16.5. The van der Waals surface area contributed by atoms with Crippen LogP contribution in [0.5, 0.6) is 0 Å².